The Bertz CT molecular complexity index is 3150. The highest BCUT2D eigenvalue weighted by Gasteiger charge is 2.28. The van der Waals surface area contributed by atoms with Crippen molar-refractivity contribution >= 4 is 80.5 Å². The van der Waals surface area contributed by atoms with Crippen LogP contribution in [0.4, 0.5) is 5.69 Å². The van der Waals surface area contributed by atoms with Gasteiger partial charge >= 0.3 is 0 Å². The van der Waals surface area contributed by atoms with Crippen LogP contribution in [0.15, 0.2) is 109 Å². The van der Waals surface area contributed by atoms with Crippen LogP contribution in [0, 0.1) is 10.1 Å². The number of nitro benzene ring substituents is 1. The summed E-state index contributed by atoms with van der Waals surface area (Å²) in [5.74, 6) is 0. The number of aromatic amines is 1. The Balaban J connectivity index is 1.19. The predicted octanol–water partition coefficient (Wildman–Crippen LogP) is 3.45. The van der Waals surface area contributed by atoms with Crippen molar-refractivity contribution in [2.45, 2.75) is 19.6 Å². The van der Waals surface area contributed by atoms with Crippen LogP contribution in [0.5, 0.6) is 0 Å². The highest BCUT2D eigenvalue weighted by atomic mass is 32.3. The summed E-state index contributed by atoms with van der Waals surface area (Å²) in [5, 5.41) is 18.4. The molecule has 55 heavy (non-hydrogen) atoms. The minimum atomic E-state index is -4.93. The third-order valence-corrected chi connectivity index (χ3v) is 11.6. The number of fused-ring (bicyclic) bond motifs is 3. The van der Waals surface area contributed by atoms with Crippen LogP contribution in [-0.4, -0.2) is 72.5 Å². The first kappa shape index (κ1) is 37.4. The van der Waals surface area contributed by atoms with E-state index in [1.807, 2.05) is 0 Å². The second kappa shape index (κ2) is 12.9. The van der Waals surface area contributed by atoms with Gasteiger partial charge in [-0.15, -0.1) is 0 Å². The second-order valence-corrected chi connectivity index (χ2v) is 17.2. The van der Waals surface area contributed by atoms with Gasteiger partial charge in [0, 0.05) is 35.0 Å². The van der Waals surface area contributed by atoms with E-state index in [9.17, 15) is 62.3 Å². The fourth-order valence-corrected chi connectivity index (χ4v) is 8.30. The summed E-state index contributed by atoms with van der Waals surface area (Å²) in [6.45, 7) is 0. The molecule has 0 aliphatic heterocycles. The van der Waals surface area contributed by atoms with E-state index in [2.05, 4.69) is 10.2 Å². The molecule has 7 aromatic rings. The van der Waals surface area contributed by atoms with Gasteiger partial charge in [0.15, 0.2) is 4.90 Å². The lowest BCUT2D eigenvalue weighted by molar-refractivity contribution is -0.453. The van der Waals surface area contributed by atoms with Crippen LogP contribution in [-0.2, 0) is 45.1 Å². The molecule has 25 heteroatoms. The second-order valence-electron chi connectivity index (χ2n) is 11.6. The maximum absolute atomic E-state index is 12.3. The quantitative estimate of drug-likeness (QED) is 0.0504. The number of hydrogen-bond donors (Lipinski definition) is 4. The molecule has 0 bridgehead atoms. The lowest BCUT2D eigenvalue weighted by atomic mass is 10.1. The normalized spacial score (nSPS) is 13.9. The smallest absolute Gasteiger partial charge is 0.295 e. The summed E-state index contributed by atoms with van der Waals surface area (Å²) < 4.78 is 141. The van der Waals surface area contributed by atoms with Crippen molar-refractivity contribution in [3.63, 3.8) is 0 Å². The molecule has 1 atom stereocenters. The van der Waals surface area contributed by atoms with Crippen molar-refractivity contribution in [1.82, 2.24) is 19.6 Å². The summed E-state index contributed by atoms with van der Waals surface area (Å²) in [6, 6.07) is 17.0. The van der Waals surface area contributed by atoms with Crippen molar-refractivity contribution in [3.8, 4) is 17.1 Å². The van der Waals surface area contributed by atoms with Gasteiger partial charge in [0.05, 0.1) is 10.0 Å². The first-order valence-corrected chi connectivity index (χ1v) is 20.6. The molecule has 2 aromatic heterocycles. The molecule has 0 aliphatic rings. The molecule has 21 nitrogen and oxygen atoms in total. The van der Waals surface area contributed by atoms with E-state index in [0.29, 0.717) is 23.5 Å². The Hall–Kier alpha value is -5.90. The lowest BCUT2D eigenvalue weighted by Gasteiger charge is -2.09. The van der Waals surface area contributed by atoms with E-state index in [1.165, 1.54) is 33.9 Å². The Morgan fingerprint density at radius 3 is 1.84 bits per heavy atom. The van der Waals surface area contributed by atoms with E-state index >= 15 is 0 Å². The van der Waals surface area contributed by atoms with E-state index in [4.69, 9.17) is 4.63 Å². The van der Waals surface area contributed by atoms with Gasteiger partial charge in [0.1, 0.15) is 31.7 Å². The highest BCUT2D eigenvalue weighted by Crippen LogP contribution is 2.32. The molecule has 2 heterocycles. The van der Waals surface area contributed by atoms with Crippen LogP contribution in [0.3, 0.4) is 0 Å². The molecule has 0 fully saturated rings. The van der Waals surface area contributed by atoms with Crippen LogP contribution >= 0.6 is 0 Å². The molecule has 0 aliphatic carbocycles. The van der Waals surface area contributed by atoms with Crippen molar-refractivity contribution in [1.29, 1.82) is 0 Å². The van der Waals surface area contributed by atoms with E-state index in [1.54, 1.807) is 24.3 Å². The van der Waals surface area contributed by atoms with Crippen LogP contribution in [0.25, 0.3) is 51.0 Å². The zero-order valence-corrected chi connectivity index (χ0v) is 30.2. The van der Waals surface area contributed by atoms with Gasteiger partial charge in [-0.3, -0.25) is 23.8 Å². The standard InChI is InChI=1S/C30H20N6O15S4/c37-36(38)22-6-4-18(28(14-22)54(45,46)47)2-1-17-3-5-21(13-27(17)53(42,43)44)35-34(51-35)20-9-7-19(8-10-20)33-31-26-12-11-24-25(30(26)32-33)15-23(52(39,40)41)16-29(24)55(48,49)50/h1-16H,(H4-,39,40,41,42,43,44,45,46,47,48,49,50)/p+1/b2-1+. The molecule has 0 radical (unpaired) electrons. The first-order chi connectivity index (χ1) is 25.6. The third kappa shape index (κ3) is 7.33. The van der Waals surface area contributed by atoms with Gasteiger partial charge in [0.2, 0.25) is 21.5 Å². The molecule has 0 amide bonds. The van der Waals surface area contributed by atoms with Gasteiger partial charge in [-0.05, 0) is 70.5 Å². The fraction of sp³-hybridized carbons (Fsp3) is 0. The topological polar surface area (TPSA) is 322 Å². The molecular weight excluding hydrogens is 813 g/mol. The average molecular weight is 834 g/mol. The third-order valence-electron chi connectivity index (χ3n) is 8.08. The highest BCUT2D eigenvalue weighted by molar-refractivity contribution is 7.92. The largest absolute Gasteiger partial charge is 0.582 e. The predicted molar refractivity (Wildman–Crippen MR) is 187 cm³/mol. The number of nitro groups is 1. The van der Waals surface area contributed by atoms with Crippen molar-refractivity contribution in [2.24, 2.45) is 0 Å². The molecule has 5 aromatic carbocycles. The Kier molecular flexibility index (Phi) is 8.75. The molecular formula is C30H21N6O15S4+. The number of aromatic nitrogens is 5. The number of non-ortho nitro benzene ring substituents is 1. The summed E-state index contributed by atoms with van der Waals surface area (Å²) in [4.78, 5) is 10.9. The van der Waals surface area contributed by atoms with Gasteiger partial charge in [-0.2, -0.15) is 34.9 Å². The Labute approximate surface area is 308 Å². The van der Waals surface area contributed by atoms with E-state index in [0.717, 1.165) is 41.3 Å². The van der Waals surface area contributed by atoms with E-state index < -0.39 is 71.0 Å². The first-order valence-electron chi connectivity index (χ1n) is 14.9. The van der Waals surface area contributed by atoms with Crippen molar-refractivity contribution in [2.75, 3.05) is 0 Å². The minimum Gasteiger partial charge on any atom is -0.582 e. The van der Waals surface area contributed by atoms with E-state index in [-0.39, 0.29) is 38.6 Å². The van der Waals surface area contributed by atoms with Gasteiger partial charge < -0.3 is 4.55 Å². The molecule has 0 saturated carbocycles. The fourth-order valence-electron chi connectivity index (χ4n) is 5.55. The van der Waals surface area contributed by atoms with Crippen molar-refractivity contribution < 1.29 is 66.9 Å². The Morgan fingerprint density at radius 2 is 1.25 bits per heavy atom. The molecule has 0 saturated heterocycles. The maximum atomic E-state index is 12.3. The molecule has 1 unspecified atom stereocenters. The monoisotopic (exact) mass is 833 g/mol. The molecule has 284 valence electrons. The van der Waals surface area contributed by atoms with Crippen LogP contribution in [0.1, 0.15) is 11.1 Å². The number of H-pyrrole nitrogens is 1. The molecule has 0 spiro atoms. The number of nitrogens with zero attached hydrogens (tertiary/aromatic N) is 5. The molecule has 7 rings (SSSR count). The average Bonchev–Trinajstić information content (AvgIpc) is 3.78. The molecule has 5 N–H and O–H groups in total. The number of nitrogens with one attached hydrogen (secondary N) is 1. The number of rotatable bonds is 10. The summed E-state index contributed by atoms with van der Waals surface area (Å²) in [7, 11) is -19.6. The Morgan fingerprint density at radius 1 is 0.709 bits per heavy atom. The van der Waals surface area contributed by atoms with Gasteiger partial charge in [-0.1, -0.05) is 32.1 Å². The number of benzene rings is 5. The minimum absolute atomic E-state index is 0.0104. The zero-order valence-electron chi connectivity index (χ0n) is 26.9. The maximum Gasteiger partial charge on any atom is 0.295 e. The van der Waals surface area contributed by atoms with Crippen LogP contribution < -0.4 is 5.10 Å². The summed E-state index contributed by atoms with van der Waals surface area (Å²) in [6.07, 6.45) is 2.19. The summed E-state index contributed by atoms with van der Waals surface area (Å²) >= 11 is 0. The van der Waals surface area contributed by atoms with Gasteiger partial charge in [0.25, 0.3) is 36.0 Å². The van der Waals surface area contributed by atoms with Gasteiger partial charge in [-0.25, -0.2) is 4.63 Å². The van der Waals surface area contributed by atoms with Crippen molar-refractivity contribution in [3.05, 3.63) is 106 Å². The lowest BCUT2D eigenvalue weighted by Crippen LogP contribution is -2.17. The SMILES string of the molecule is O=[N+]([O-])c1ccc(/C=C/c2ccc(-n3on3-c3ccc(-n4nc5ccc6c(S(=O)(=O)O)cc([S+](=O)([O-])O)cc6c5[nH+]4)cc3)cc2S(=O)(=O)O)c(S(=O)(=O)O)c1. The van der Waals surface area contributed by atoms with Crippen LogP contribution in [0.2, 0.25) is 0 Å². The zero-order chi connectivity index (χ0) is 39.8. The summed E-state index contributed by atoms with van der Waals surface area (Å²) in [5.41, 5.74) is 0.409. The number of hydrogen-bond acceptors (Lipinski definition) is 12.